The molecule has 2 rings (SSSR count). The van der Waals surface area contributed by atoms with Crippen LogP contribution in [0.4, 0.5) is 4.79 Å². The number of hydrogen-bond donors (Lipinski definition) is 1. The fourth-order valence-corrected chi connectivity index (χ4v) is 3.10. The molecule has 0 aliphatic carbocycles. The first-order valence-corrected chi connectivity index (χ1v) is 8.22. The number of rotatable bonds is 4. The average molecular weight is 316 g/mol. The predicted molar refractivity (Wildman–Crippen MR) is 93.5 cm³/mol. The van der Waals surface area contributed by atoms with Crippen molar-refractivity contribution in [2.75, 3.05) is 19.6 Å². The molecule has 1 aliphatic rings. The molecule has 126 valence electrons. The first kappa shape index (κ1) is 17.5. The van der Waals surface area contributed by atoms with Gasteiger partial charge in [0.2, 0.25) is 0 Å². The highest BCUT2D eigenvalue weighted by molar-refractivity contribution is 5.69. The molecule has 1 heterocycles. The summed E-state index contributed by atoms with van der Waals surface area (Å²) in [5.41, 5.74) is 0.393. The summed E-state index contributed by atoms with van der Waals surface area (Å²) in [6.07, 6.45) is 3.17. The number of carbonyl (C=O) groups is 1. The van der Waals surface area contributed by atoms with Gasteiger partial charge < -0.3 is 10.1 Å². The molecule has 0 unspecified atom stereocenters. The number of nitrogens with one attached hydrogen (secondary N) is 1. The fraction of sp³-hybridized carbons (Fsp3) is 0.526. The molecule has 0 aromatic heterocycles. The highest BCUT2D eigenvalue weighted by Gasteiger charge is 2.42. The van der Waals surface area contributed by atoms with Gasteiger partial charge in [-0.1, -0.05) is 36.4 Å². The van der Waals surface area contributed by atoms with E-state index in [0.29, 0.717) is 6.54 Å². The molecular weight excluding hydrogens is 288 g/mol. The Balaban J connectivity index is 2.28. The van der Waals surface area contributed by atoms with E-state index in [9.17, 15) is 4.79 Å². The van der Waals surface area contributed by atoms with Crippen LogP contribution in [0.5, 0.6) is 0 Å². The molecule has 1 amide bonds. The second-order valence-corrected chi connectivity index (χ2v) is 7.19. The fourth-order valence-electron chi connectivity index (χ4n) is 3.10. The molecule has 0 bridgehead atoms. The van der Waals surface area contributed by atoms with Gasteiger partial charge in [0.1, 0.15) is 5.60 Å². The van der Waals surface area contributed by atoms with Crippen LogP contribution in [0.15, 0.2) is 43.0 Å². The Bertz CT molecular complexity index is 536. The van der Waals surface area contributed by atoms with Crippen molar-refractivity contribution < 1.29 is 9.53 Å². The number of piperazine rings is 1. The largest absolute Gasteiger partial charge is 0.444 e. The van der Waals surface area contributed by atoms with Crippen LogP contribution in [0.1, 0.15) is 32.8 Å². The summed E-state index contributed by atoms with van der Waals surface area (Å²) >= 11 is 0. The number of ether oxygens (including phenoxy) is 1. The third-order valence-electron chi connectivity index (χ3n) is 4.05. The molecule has 4 nitrogen and oxygen atoms in total. The second kappa shape index (κ2) is 7.18. The van der Waals surface area contributed by atoms with E-state index in [4.69, 9.17) is 4.74 Å². The maximum absolute atomic E-state index is 12.7. The van der Waals surface area contributed by atoms with E-state index in [1.54, 1.807) is 0 Å². The van der Waals surface area contributed by atoms with Crippen LogP contribution in [0.25, 0.3) is 0 Å². The molecular formula is C19H28N2O2. The Morgan fingerprint density at radius 2 is 2.09 bits per heavy atom. The van der Waals surface area contributed by atoms with Crippen LogP contribution in [-0.4, -0.2) is 41.8 Å². The van der Waals surface area contributed by atoms with Crippen molar-refractivity contribution >= 4 is 6.09 Å². The SMILES string of the molecule is C=CC[C@@]1(Cc2ccccc2)CNCCN1C(=O)OC(C)(C)C. The van der Waals surface area contributed by atoms with Crippen LogP contribution < -0.4 is 5.32 Å². The van der Waals surface area contributed by atoms with Gasteiger partial charge in [0, 0.05) is 19.6 Å². The van der Waals surface area contributed by atoms with Gasteiger partial charge in [-0.25, -0.2) is 4.79 Å². The minimum atomic E-state index is -0.491. The molecule has 1 saturated heterocycles. The summed E-state index contributed by atoms with van der Waals surface area (Å²) in [4.78, 5) is 14.6. The lowest BCUT2D eigenvalue weighted by Crippen LogP contribution is -2.64. The first-order chi connectivity index (χ1) is 10.9. The normalized spacial score (nSPS) is 21.8. The van der Waals surface area contributed by atoms with Gasteiger partial charge >= 0.3 is 6.09 Å². The third-order valence-corrected chi connectivity index (χ3v) is 4.05. The lowest BCUT2D eigenvalue weighted by atomic mass is 9.84. The molecule has 1 aliphatic heterocycles. The summed E-state index contributed by atoms with van der Waals surface area (Å²) < 4.78 is 5.64. The van der Waals surface area contributed by atoms with Crippen molar-refractivity contribution in [2.24, 2.45) is 0 Å². The molecule has 1 aromatic carbocycles. The number of carbonyl (C=O) groups excluding carboxylic acids is 1. The zero-order chi connectivity index (χ0) is 16.9. The van der Waals surface area contributed by atoms with Crippen LogP contribution in [-0.2, 0) is 11.2 Å². The van der Waals surface area contributed by atoms with E-state index in [-0.39, 0.29) is 11.6 Å². The Labute approximate surface area is 139 Å². The molecule has 1 fully saturated rings. The zero-order valence-corrected chi connectivity index (χ0v) is 14.5. The molecule has 1 aromatic rings. The maximum atomic E-state index is 12.7. The Kier molecular flexibility index (Phi) is 5.47. The number of amides is 1. The van der Waals surface area contributed by atoms with Gasteiger partial charge in [0.15, 0.2) is 0 Å². The van der Waals surface area contributed by atoms with Gasteiger partial charge in [-0.3, -0.25) is 4.90 Å². The third kappa shape index (κ3) is 4.58. The second-order valence-electron chi connectivity index (χ2n) is 7.19. The van der Waals surface area contributed by atoms with Crippen molar-refractivity contribution in [1.82, 2.24) is 10.2 Å². The highest BCUT2D eigenvalue weighted by Crippen LogP contribution is 2.29. The molecule has 0 spiro atoms. The van der Waals surface area contributed by atoms with Crippen LogP contribution in [0.3, 0.4) is 0 Å². The van der Waals surface area contributed by atoms with Gasteiger partial charge in [0.25, 0.3) is 0 Å². The zero-order valence-electron chi connectivity index (χ0n) is 14.5. The summed E-state index contributed by atoms with van der Waals surface area (Å²) in [7, 11) is 0. The minimum Gasteiger partial charge on any atom is -0.444 e. The Morgan fingerprint density at radius 3 is 2.70 bits per heavy atom. The van der Waals surface area contributed by atoms with E-state index >= 15 is 0 Å². The van der Waals surface area contributed by atoms with E-state index in [1.165, 1.54) is 5.56 Å². The number of hydrogen-bond acceptors (Lipinski definition) is 3. The summed E-state index contributed by atoms with van der Waals surface area (Å²) in [6, 6.07) is 10.3. The average Bonchev–Trinajstić information content (AvgIpc) is 2.47. The monoisotopic (exact) mass is 316 g/mol. The minimum absolute atomic E-state index is 0.239. The van der Waals surface area contributed by atoms with Crippen LogP contribution in [0.2, 0.25) is 0 Å². The van der Waals surface area contributed by atoms with E-state index in [2.05, 4.69) is 24.0 Å². The van der Waals surface area contributed by atoms with Crippen molar-refractivity contribution in [3.63, 3.8) is 0 Å². The lowest BCUT2D eigenvalue weighted by Gasteiger charge is -2.47. The molecule has 23 heavy (non-hydrogen) atoms. The van der Waals surface area contributed by atoms with Crippen molar-refractivity contribution in [1.29, 1.82) is 0 Å². The van der Waals surface area contributed by atoms with Gasteiger partial charge in [0.05, 0.1) is 5.54 Å². The van der Waals surface area contributed by atoms with Crippen molar-refractivity contribution in [2.45, 2.75) is 44.8 Å². The van der Waals surface area contributed by atoms with Crippen LogP contribution >= 0.6 is 0 Å². The quantitative estimate of drug-likeness (QED) is 0.866. The van der Waals surface area contributed by atoms with E-state index < -0.39 is 5.60 Å². The van der Waals surface area contributed by atoms with E-state index in [1.807, 2.05) is 49.9 Å². The van der Waals surface area contributed by atoms with E-state index in [0.717, 1.165) is 25.9 Å². The summed E-state index contributed by atoms with van der Waals surface area (Å²) in [6.45, 7) is 11.8. The number of benzene rings is 1. The predicted octanol–water partition coefficient (Wildman–Crippen LogP) is 3.38. The Morgan fingerprint density at radius 1 is 1.39 bits per heavy atom. The molecule has 1 N–H and O–H groups in total. The maximum Gasteiger partial charge on any atom is 0.410 e. The molecule has 0 radical (unpaired) electrons. The van der Waals surface area contributed by atoms with Gasteiger partial charge in [-0.2, -0.15) is 0 Å². The summed E-state index contributed by atoms with van der Waals surface area (Å²) in [5.74, 6) is 0. The molecule has 0 saturated carbocycles. The van der Waals surface area contributed by atoms with Gasteiger partial charge in [-0.05, 0) is 39.2 Å². The highest BCUT2D eigenvalue weighted by atomic mass is 16.6. The van der Waals surface area contributed by atoms with Crippen LogP contribution in [0, 0.1) is 0 Å². The summed E-state index contributed by atoms with van der Waals surface area (Å²) in [5, 5.41) is 3.43. The number of nitrogens with zero attached hydrogens (tertiary/aromatic N) is 1. The van der Waals surface area contributed by atoms with Crippen molar-refractivity contribution in [3.05, 3.63) is 48.6 Å². The standard InChI is InChI=1S/C19H28N2O2/c1-5-11-19(14-16-9-7-6-8-10-16)15-20-12-13-21(19)17(22)23-18(2,3)4/h5-10,20H,1,11-15H2,2-4H3/t19-/m1/s1. The molecule has 4 heteroatoms. The lowest BCUT2D eigenvalue weighted by molar-refractivity contribution is -0.0107. The smallest absolute Gasteiger partial charge is 0.410 e. The first-order valence-electron chi connectivity index (χ1n) is 8.22. The topological polar surface area (TPSA) is 41.6 Å². The Hall–Kier alpha value is -1.81. The van der Waals surface area contributed by atoms with Gasteiger partial charge in [-0.15, -0.1) is 6.58 Å². The molecule has 1 atom stereocenters. The van der Waals surface area contributed by atoms with Crippen molar-refractivity contribution in [3.8, 4) is 0 Å².